The average Bonchev–Trinajstić information content (AvgIpc) is 2.34. The number of nitrogens with zero attached hydrogens (tertiary/aromatic N) is 1. The molecule has 0 aliphatic carbocycles. The van der Waals surface area contributed by atoms with Gasteiger partial charge in [0.2, 0.25) is 0 Å². The number of hydrogen-bond acceptors (Lipinski definition) is 2. The number of amides is 2. The SMILES string of the molecule is CCN(CC)C(=O)Nc1c(C)cccc1OC(F)F. The minimum absolute atomic E-state index is 0.0319. The van der Waals surface area contributed by atoms with Crippen molar-refractivity contribution in [2.45, 2.75) is 27.4 Å². The van der Waals surface area contributed by atoms with Gasteiger partial charge in [-0.25, -0.2) is 4.79 Å². The molecule has 4 nitrogen and oxygen atoms in total. The predicted octanol–water partition coefficient (Wildman–Crippen LogP) is 3.47. The number of urea groups is 1. The first kappa shape index (κ1) is 15.2. The highest BCUT2D eigenvalue weighted by Gasteiger charge is 2.16. The lowest BCUT2D eigenvalue weighted by Gasteiger charge is -2.21. The average molecular weight is 272 g/mol. The van der Waals surface area contributed by atoms with Gasteiger partial charge >= 0.3 is 12.6 Å². The molecule has 1 aromatic rings. The van der Waals surface area contributed by atoms with Crippen LogP contribution in [0.25, 0.3) is 0 Å². The third kappa shape index (κ3) is 4.08. The summed E-state index contributed by atoms with van der Waals surface area (Å²) < 4.78 is 29.0. The molecule has 0 aliphatic heterocycles. The molecule has 0 fully saturated rings. The van der Waals surface area contributed by atoms with Crippen LogP contribution in [0, 0.1) is 6.92 Å². The number of benzene rings is 1. The Labute approximate surface area is 111 Å². The van der Waals surface area contributed by atoms with Gasteiger partial charge < -0.3 is 15.0 Å². The van der Waals surface area contributed by atoms with Crippen molar-refractivity contribution >= 4 is 11.7 Å². The minimum Gasteiger partial charge on any atom is -0.433 e. The van der Waals surface area contributed by atoms with E-state index in [4.69, 9.17) is 0 Å². The number of nitrogens with one attached hydrogen (secondary N) is 1. The molecular weight excluding hydrogens is 254 g/mol. The van der Waals surface area contributed by atoms with E-state index in [1.807, 2.05) is 13.8 Å². The monoisotopic (exact) mass is 272 g/mol. The Kier molecular flexibility index (Phi) is 5.54. The molecule has 0 radical (unpaired) electrons. The molecule has 1 rings (SSSR count). The fraction of sp³-hybridized carbons (Fsp3) is 0.462. The van der Waals surface area contributed by atoms with Gasteiger partial charge in [0, 0.05) is 13.1 Å². The zero-order chi connectivity index (χ0) is 14.4. The first-order valence-electron chi connectivity index (χ1n) is 6.09. The second-order valence-electron chi connectivity index (χ2n) is 3.93. The van der Waals surface area contributed by atoms with E-state index in [0.29, 0.717) is 18.7 Å². The molecule has 1 aromatic carbocycles. The summed E-state index contributed by atoms with van der Waals surface area (Å²) in [5, 5.41) is 2.61. The lowest BCUT2D eigenvalue weighted by atomic mass is 10.2. The highest BCUT2D eigenvalue weighted by atomic mass is 19.3. The lowest BCUT2D eigenvalue weighted by molar-refractivity contribution is -0.0493. The van der Waals surface area contributed by atoms with Crippen molar-refractivity contribution in [3.8, 4) is 5.75 Å². The maximum absolute atomic E-state index is 12.3. The fourth-order valence-corrected chi connectivity index (χ4v) is 1.69. The van der Waals surface area contributed by atoms with Gasteiger partial charge in [0.1, 0.15) is 5.75 Å². The first-order valence-corrected chi connectivity index (χ1v) is 6.09. The van der Waals surface area contributed by atoms with Gasteiger partial charge in [-0.1, -0.05) is 12.1 Å². The van der Waals surface area contributed by atoms with E-state index in [0.717, 1.165) is 0 Å². The Morgan fingerprint density at radius 1 is 1.37 bits per heavy atom. The summed E-state index contributed by atoms with van der Waals surface area (Å²) >= 11 is 0. The topological polar surface area (TPSA) is 41.6 Å². The summed E-state index contributed by atoms with van der Waals surface area (Å²) in [5.41, 5.74) is 0.943. The first-order chi connectivity index (χ1) is 8.99. The van der Waals surface area contributed by atoms with E-state index < -0.39 is 6.61 Å². The quantitative estimate of drug-likeness (QED) is 0.891. The van der Waals surface area contributed by atoms with Crippen LogP contribution >= 0.6 is 0 Å². The van der Waals surface area contributed by atoms with Crippen LogP contribution in [0.3, 0.4) is 0 Å². The van der Waals surface area contributed by atoms with E-state index in [-0.39, 0.29) is 17.5 Å². The third-order valence-corrected chi connectivity index (χ3v) is 2.73. The molecule has 106 valence electrons. The van der Waals surface area contributed by atoms with Crippen LogP contribution in [-0.2, 0) is 0 Å². The smallest absolute Gasteiger partial charge is 0.387 e. The number of ether oxygens (including phenoxy) is 1. The van der Waals surface area contributed by atoms with E-state index in [9.17, 15) is 13.6 Å². The number of hydrogen-bond donors (Lipinski definition) is 1. The van der Waals surface area contributed by atoms with Gasteiger partial charge in [0.25, 0.3) is 0 Å². The third-order valence-electron chi connectivity index (χ3n) is 2.73. The number of carbonyl (C=O) groups is 1. The molecule has 0 spiro atoms. The highest BCUT2D eigenvalue weighted by molar-refractivity contribution is 5.92. The number of aryl methyl sites for hydroxylation is 1. The van der Waals surface area contributed by atoms with Gasteiger partial charge in [-0.15, -0.1) is 0 Å². The van der Waals surface area contributed by atoms with Crippen molar-refractivity contribution in [3.05, 3.63) is 23.8 Å². The molecule has 6 heteroatoms. The Bertz CT molecular complexity index is 435. The Morgan fingerprint density at radius 2 is 2.00 bits per heavy atom. The molecule has 1 N–H and O–H groups in total. The summed E-state index contributed by atoms with van der Waals surface area (Å²) in [4.78, 5) is 13.5. The molecule has 0 saturated heterocycles. The van der Waals surface area contributed by atoms with E-state index >= 15 is 0 Å². The number of alkyl halides is 2. The Hall–Kier alpha value is -1.85. The second kappa shape index (κ2) is 6.92. The van der Waals surface area contributed by atoms with Crippen LogP contribution in [0.4, 0.5) is 19.3 Å². The van der Waals surface area contributed by atoms with Crippen LogP contribution in [0.2, 0.25) is 0 Å². The minimum atomic E-state index is -2.93. The lowest BCUT2D eigenvalue weighted by Crippen LogP contribution is -2.34. The molecule has 0 heterocycles. The van der Waals surface area contributed by atoms with Crippen LogP contribution in [0.15, 0.2) is 18.2 Å². The van der Waals surface area contributed by atoms with Gasteiger partial charge in [-0.05, 0) is 32.4 Å². The fourth-order valence-electron chi connectivity index (χ4n) is 1.69. The van der Waals surface area contributed by atoms with Crippen molar-refractivity contribution in [1.29, 1.82) is 0 Å². The van der Waals surface area contributed by atoms with Crippen molar-refractivity contribution < 1.29 is 18.3 Å². The van der Waals surface area contributed by atoms with Crippen LogP contribution in [-0.4, -0.2) is 30.6 Å². The van der Waals surface area contributed by atoms with E-state index in [2.05, 4.69) is 10.1 Å². The van der Waals surface area contributed by atoms with Gasteiger partial charge in [-0.2, -0.15) is 8.78 Å². The molecule has 0 unspecified atom stereocenters. The standard InChI is InChI=1S/C13H18F2N2O2/c1-4-17(5-2)13(18)16-11-9(3)7-6-8-10(11)19-12(14)15/h6-8,12H,4-5H2,1-3H3,(H,16,18). The van der Waals surface area contributed by atoms with Crippen LogP contribution in [0.1, 0.15) is 19.4 Å². The zero-order valence-corrected chi connectivity index (χ0v) is 11.2. The van der Waals surface area contributed by atoms with Crippen molar-refractivity contribution in [1.82, 2.24) is 4.90 Å². The van der Waals surface area contributed by atoms with E-state index in [1.165, 1.54) is 6.07 Å². The Balaban J connectivity index is 2.95. The largest absolute Gasteiger partial charge is 0.433 e. The molecule has 0 saturated carbocycles. The van der Waals surface area contributed by atoms with Crippen molar-refractivity contribution in [3.63, 3.8) is 0 Å². The van der Waals surface area contributed by atoms with Gasteiger partial charge in [0.15, 0.2) is 0 Å². The summed E-state index contributed by atoms with van der Waals surface area (Å²) in [6, 6.07) is 4.38. The van der Waals surface area contributed by atoms with Gasteiger partial charge in [0.05, 0.1) is 5.69 Å². The summed E-state index contributed by atoms with van der Waals surface area (Å²) in [7, 11) is 0. The highest BCUT2D eigenvalue weighted by Crippen LogP contribution is 2.29. The normalized spacial score (nSPS) is 10.4. The summed E-state index contributed by atoms with van der Waals surface area (Å²) in [6.07, 6.45) is 0. The number of anilines is 1. The molecule has 2 amide bonds. The molecule has 0 aromatic heterocycles. The molecule has 0 aliphatic rings. The molecule has 0 atom stereocenters. The maximum atomic E-state index is 12.3. The number of halogens is 2. The summed E-state index contributed by atoms with van der Waals surface area (Å²) in [6.45, 7) is 3.56. The number of carbonyl (C=O) groups excluding carboxylic acids is 1. The van der Waals surface area contributed by atoms with E-state index in [1.54, 1.807) is 24.0 Å². The van der Waals surface area contributed by atoms with Crippen LogP contribution in [0.5, 0.6) is 5.75 Å². The number of rotatable bonds is 5. The second-order valence-corrected chi connectivity index (χ2v) is 3.93. The van der Waals surface area contributed by atoms with Crippen molar-refractivity contribution in [2.75, 3.05) is 18.4 Å². The zero-order valence-electron chi connectivity index (χ0n) is 11.2. The Morgan fingerprint density at radius 3 is 2.53 bits per heavy atom. The maximum Gasteiger partial charge on any atom is 0.387 e. The molecule has 19 heavy (non-hydrogen) atoms. The predicted molar refractivity (Wildman–Crippen MR) is 69.8 cm³/mol. The van der Waals surface area contributed by atoms with Crippen molar-refractivity contribution in [2.24, 2.45) is 0 Å². The molecular formula is C13H18F2N2O2. The summed E-state index contributed by atoms with van der Waals surface area (Å²) in [5.74, 6) is -0.0319. The van der Waals surface area contributed by atoms with Gasteiger partial charge in [-0.3, -0.25) is 0 Å². The molecule has 0 bridgehead atoms. The van der Waals surface area contributed by atoms with Crippen LogP contribution < -0.4 is 10.1 Å². The number of para-hydroxylation sites is 1.